The smallest absolute Gasteiger partial charge is 0.223 e. The van der Waals surface area contributed by atoms with E-state index in [0.717, 1.165) is 13.1 Å². The molecule has 2 atom stereocenters. The van der Waals surface area contributed by atoms with Crippen LogP contribution in [-0.2, 0) is 9.53 Å². The lowest BCUT2D eigenvalue weighted by atomic mass is 9.96. The SMILES string of the molecule is O=C(CC1CNCCO1)NC(c1cccs1)C1CCCC1. The average molecular weight is 308 g/mol. The molecule has 2 unspecified atom stereocenters. The lowest BCUT2D eigenvalue weighted by Gasteiger charge is -2.27. The maximum absolute atomic E-state index is 12.4. The van der Waals surface area contributed by atoms with E-state index >= 15 is 0 Å². The molecule has 0 radical (unpaired) electrons. The first-order chi connectivity index (χ1) is 10.3. The van der Waals surface area contributed by atoms with Crippen LogP contribution in [-0.4, -0.2) is 31.7 Å². The Labute approximate surface area is 130 Å². The van der Waals surface area contributed by atoms with Crippen molar-refractivity contribution < 1.29 is 9.53 Å². The lowest BCUT2D eigenvalue weighted by Crippen LogP contribution is -2.42. The lowest BCUT2D eigenvalue weighted by molar-refractivity contribution is -0.125. The zero-order valence-corrected chi connectivity index (χ0v) is 13.2. The molecule has 0 bridgehead atoms. The Kier molecular flexibility index (Phi) is 5.27. The number of morpholine rings is 1. The summed E-state index contributed by atoms with van der Waals surface area (Å²) in [6.07, 6.45) is 5.51. The Morgan fingerprint density at radius 1 is 1.48 bits per heavy atom. The summed E-state index contributed by atoms with van der Waals surface area (Å²) in [5.41, 5.74) is 0. The van der Waals surface area contributed by atoms with E-state index in [1.165, 1.54) is 30.6 Å². The molecule has 1 amide bonds. The van der Waals surface area contributed by atoms with Crippen LogP contribution >= 0.6 is 11.3 Å². The highest BCUT2D eigenvalue weighted by Gasteiger charge is 2.29. The first kappa shape index (κ1) is 15.0. The molecule has 1 saturated carbocycles. The van der Waals surface area contributed by atoms with Crippen molar-refractivity contribution in [2.75, 3.05) is 19.7 Å². The highest BCUT2D eigenvalue weighted by Crippen LogP contribution is 2.37. The van der Waals surface area contributed by atoms with Gasteiger partial charge in [-0.25, -0.2) is 0 Å². The van der Waals surface area contributed by atoms with Crippen LogP contribution in [0.25, 0.3) is 0 Å². The van der Waals surface area contributed by atoms with Crippen LogP contribution in [0.1, 0.15) is 43.0 Å². The first-order valence-corrected chi connectivity index (χ1v) is 8.86. The molecule has 3 rings (SSSR count). The topological polar surface area (TPSA) is 50.4 Å². The molecule has 1 aromatic rings. The van der Waals surface area contributed by atoms with Gasteiger partial charge in [-0.15, -0.1) is 11.3 Å². The van der Waals surface area contributed by atoms with Gasteiger partial charge in [-0.2, -0.15) is 0 Å². The number of hydrogen-bond donors (Lipinski definition) is 2. The molecule has 0 aromatic carbocycles. The van der Waals surface area contributed by atoms with E-state index in [-0.39, 0.29) is 18.1 Å². The van der Waals surface area contributed by atoms with Gasteiger partial charge in [0.15, 0.2) is 0 Å². The van der Waals surface area contributed by atoms with Crippen molar-refractivity contribution in [2.45, 2.75) is 44.2 Å². The van der Waals surface area contributed by atoms with E-state index in [2.05, 4.69) is 28.1 Å². The first-order valence-electron chi connectivity index (χ1n) is 7.98. The zero-order valence-electron chi connectivity index (χ0n) is 12.3. The second-order valence-corrected chi connectivity index (χ2v) is 6.99. The number of amides is 1. The van der Waals surface area contributed by atoms with Crippen LogP contribution in [0.2, 0.25) is 0 Å². The Morgan fingerprint density at radius 2 is 2.33 bits per heavy atom. The van der Waals surface area contributed by atoms with Crippen LogP contribution in [0.4, 0.5) is 0 Å². The van der Waals surface area contributed by atoms with Crippen molar-refractivity contribution in [2.24, 2.45) is 5.92 Å². The summed E-state index contributed by atoms with van der Waals surface area (Å²) in [5.74, 6) is 0.715. The average Bonchev–Trinajstić information content (AvgIpc) is 3.19. The highest BCUT2D eigenvalue weighted by molar-refractivity contribution is 7.10. The van der Waals surface area contributed by atoms with Gasteiger partial charge in [-0.05, 0) is 30.2 Å². The van der Waals surface area contributed by atoms with Crippen LogP contribution in [0, 0.1) is 5.92 Å². The maximum Gasteiger partial charge on any atom is 0.223 e. The standard InChI is InChI=1S/C16H24N2O2S/c19-15(10-13-11-17-7-8-20-13)18-16(12-4-1-2-5-12)14-6-3-9-21-14/h3,6,9,12-13,16-17H,1-2,4-5,7-8,10-11H2,(H,18,19). The summed E-state index contributed by atoms with van der Waals surface area (Å²) >= 11 is 1.75. The second-order valence-electron chi connectivity index (χ2n) is 6.01. The predicted molar refractivity (Wildman–Crippen MR) is 84.4 cm³/mol. The van der Waals surface area contributed by atoms with Crippen molar-refractivity contribution in [1.82, 2.24) is 10.6 Å². The van der Waals surface area contributed by atoms with Crippen LogP contribution in [0.5, 0.6) is 0 Å². The fourth-order valence-corrected chi connectivity index (χ4v) is 4.24. The molecule has 116 valence electrons. The third-order valence-electron chi connectivity index (χ3n) is 4.45. The third-order valence-corrected chi connectivity index (χ3v) is 5.41. The van der Waals surface area contributed by atoms with E-state index < -0.39 is 0 Å². The van der Waals surface area contributed by atoms with E-state index in [4.69, 9.17) is 4.74 Å². The van der Waals surface area contributed by atoms with Crippen molar-refractivity contribution in [3.8, 4) is 0 Å². The minimum Gasteiger partial charge on any atom is -0.375 e. The van der Waals surface area contributed by atoms with E-state index in [9.17, 15) is 4.79 Å². The van der Waals surface area contributed by atoms with Gasteiger partial charge < -0.3 is 15.4 Å². The summed E-state index contributed by atoms with van der Waals surface area (Å²) in [7, 11) is 0. The zero-order chi connectivity index (χ0) is 14.5. The minimum absolute atomic E-state index is 0.0197. The van der Waals surface area contributed by atoms with E-state index in [0.29, 0.717) is 18.9 Å². The van der Waals surface area contributed by atoms with Gasteiger partial charge in [-0.3, -0.25) is 4.79 Å². The van der Waals surface area contributed by atoms with Crippen molar-refractivity contribution in [3.63, 3.8) is 0 Å². The molecular weight excluding hydrogens is 284 g/mol. The molecule has 0 spiro atoms. The molecule has 4 nitrogen and oxygen atoms in total. The number of rotatable bonds is 5. The predicted octanol–water partition coefficient (Wildman–Crippen LogP) is 2.47. The molecule has 1 aromatic heterocycles. The number of carbonyl (C=O) groups is 1. The largest absolute Gasteiger partial charge is 0.375 e. The summed E-state index contributed by atoms with van der Waals surface area (Å²) < 4.78 is 5.63. The van der Waals surface area contributed by atoms with Crippen LogP contribution in [0.3, 0.4) is 0 Å². The van der Waals surface area contributed by atoms with Gasteiger partial charge in [0.2, 0.25) is 5.91 Å². The van der Waals surface area contributed by atoms with Gasteiger partial charge in [-0.1, -0.05) is 18.9 Å². The van der Waals surface area contributed by atoms with Gasteiger partial charge in [0.25, 0.3) is 0 Å². The molecule has 1 aliphatic heterocycles. The summed E-state index contributed by atoms with van der Waals surface area (Å²) in [4.78, 5) is 13.6. The van der Waals surface area contributed by atoms with E-state index in [1.54, 1.807) is 11.3 Å². The Hall–Kier alpha value is -0.910. The number of nitrogens with one attached hydrogen (secondary N) is 2. The molecule has 2 aliphatic rings. The number of hydrogen-bond acceptors (Lipinski definition) is 4. The third kappa shape index (κ3) is 4.05. The Balaban J connectivity index is 1.59. The molecule has 2 N–H and O–H groups in total. The highest BCUT2D eigenvalue weighted by atomic mass is 32.1. The normalized spacial score (nSPS) is 24.9. The quantitative estimate of drug-likeness (QED) is 0.878. The number of ether oxygens (including phenoxy) is 1. The van der Waals surface area contributed by atoms with Gasteiger partial charge in [0.05, 0.1) is 25.2 Å². The molecule has 5 heteroatoms. The fourth-order valence-electron chi connectivity index (χ4n) is 3.37. The summed E-state index contributed by atoms with van der Waals surface area (Å²) in [5, 5.41) is 8.64. The number of carbonyl (C=O) groups excluding carboxylic acids is 1. The van der Waals surface area contributed by atoms with Crippen LogP contribution < -0.4 is 10.6 Å². The molecule has 1 aliphatic carbocycles. The van der Waals surface area contributed by atoms with Crippen molar-refractivity contribution in [1.29, 1.82) is 0 Å². The van der Waals surface area contributed by atoms with Gasteiger partial charge in [0, 0.05) is 18.0 Å². The fraction of sp³-hybridized carbons (Fsp3) is 0.688. The van der Waals surface area contributed by atoms with Gasteiger partial charge in [0.1, 0.15) is 0 Å². The molecule has 2 fully saturated rings. The number of thiophene rings is 1. The summed E-state index contributed by atoms with van der Waals surface area (Å²) in [6, 6.07) is 4.41. The molecule has 1 saturated heterocycles. The van der Waals surface area contributed by atoms with Crippen molar-refractivity contribution >= 4 is 17.2 Å². The maximum atomic E-state index is 12.4. The van der Waals surface area contributed by atoms with Gasteiger partial charge >= 0.3 is 0 Å². The molecule has 2 heterocycles. The van der Waals surface area contributed by atoms with Crippen molar-refractivity contribution in [3.05, 3.63) is 22.4 Å². The van der Waals surface area contributed by atoms with E-state index in [1.807, 2.05) is 0 Å². The second kappa shape index (κ2) is 7.38. The molecule has 21 heavy (non-hydrogen) atoms. The summed E-state index contributed by atoms with van der Waals surface area (Å²) in [6.45, 7) is 2.37. The Morgan fingerprint density at radius 3 is 3.00 bits per heavy atom. The van der Waals surface area contributed by atoms with Crippen LogP contribution in [0.15, 0.2) is 17.5 Å². The molecular formula is C16H24N2O2S. The Bertz CT molecular complexity index is 437. The monoisotopic (exact) mass is 308 g/mol. The minimum atomic E-state index is 0.0197.